The highest BCUT2D eigenvalue weighted by Gasteiger charge is 2.29. The van der Waals surface area contributed by atoms with E-state index in [9.17, 15) is 14.0 Å². The predicted molar refractivity (Wildman–Crippen MR) is 88.6 cm³/mol. The zero-order chi connectivity index (χ0) is 17.6. The molecule has 7 heteroatoms. The summed E-state index contributed by atoms with van der Waals surface area (Å²) in [6, 6.07) is 5.67. The zero-order valence-corrected chi connectivity index (χ0v) is 14.1. The van der Waals surface area contributed by atoms with E-state index >= 15 is 0 Å². The van der Waals surface area contributed by atoms with Crippen molar-refractivity contribution < 1.29 is 23.5 Å². The summed E-state index contributed by atoms with van der Waals surface area (Å²) in [6.07, 6.45) is 2.04. The minimum Gasteiger partial charge on any atom is -0.488 e. The number of carbonyl (C=O) groups is 2. The average molecular weight is 350 g/mol. The van der Waals surface area contributed by atoms with Crippen molar-refractivity contribution in [2.75, 3.05) is 26.3 Å². The van der Waals surface area contributed by atoms with E-state index in [1.807, 2.05) is 0 Å². The zero-order valence-electron chi connectivity index (χ0n) is 14.1. The molecule has 2 fully saturated rings. The van der Waals surface area contributed by atoms with E-state index in [2.05, 4.69) is 5.32 Å². The van der Waals surface area contributed by atoms with Crippen LogP contribution in [0.2, 0.25) is 0 Å². The van der Waals surface area contributed by atoms with Crippen LogP contribution in [0.25, 0.3) is 0 Å². The molecule has 1 aromatic rings. The molecular formula is C18H23FN2O4. The third-order valence-corrected chi connectivity index (χ3v) is 4.50. The smallest absolute Gasteiger partial charge is 0.222 e. The highest BCUT2D eigenvalue weighted by molar-refractivity contribution is 5.80. The van der Waals surface area contributed by atoms with Gasteiger partial charge in [0, 0.05) is 38.4 Å². The number of carbonyl (C=O) groups excluding carboxylic acids is 2. The van der Waals surface area contributed by atoms with Crippen molar-refractivity contribution in [3.05, 3.63) is 30.1 Å². The van der Waals surface area contributed by atoms with Gasteiger partial charge in [-0.15, -0.1) is 0 Å². The van der Waals surface area contributed by atoms with Gasteiger partial charge in [0.1, 0.15) is 17.7 Å². The van der Waals surface area contributed by atoms with Crippen molar-refractivity contribution in [3.63, 3.8) is 0 Å². The van der Waals surface area contributed by atoms with Crippen LogP contribution in [-0.2, 0) is 14.3 Å². The Bertz CT molecular complexity index is 625. The topological polar surface area (TPSA) is 67.9 Å². The molecule has 136 valence electrons. The van der Waals surface area contributed by atoms with Crippen LogP contribution < -0.4 is 10.1 Å². The van der Waals surface area contributed by atoms with E-state index < -0.39 is 0 Å². The van der Waals surface area contributed by atoms with E-state index in [0.29, 0.717) is 38.3 Å². The lowest BCUT2D eigenvalue weighted by atomic mass is 10.1. The molecule has 0 saturated carbocycles. The number of hydrogen-bond donors (Lipinski definition) is 1. The summed E-state index contributed by atoms with van der Waals surface area (Å²) in [5.41, 5.74) is 0. The molecule has 0 unspecified atom stereocenters. The molecule has 6 nitrogen and oxygen atoms in total. The van der Waals surface area contributed by atoms with Crippen LogP contribution in [0.15, 0.2) is 24.3 Å². The molecule has 25 heavy (non-hydrogen) atoms. The summed E-state index contributed by atoms with van der Waals surface area (Å²) in [6.45, 7) is 2.06. The van der Waals surface area contributed by atoms with E-state index in [1.54, 1.807) is 17.0 Å². The van der Waals surface area contributed by atoms with Gasteiger partial charge in [-0.2, -0.15) is 0 Å². The van der Waals surface area contributed by atoms with Crippen molar-refractivity contribution in [2.24, 2.45) is 0 Å². The molecule has 0 aliphatic carbocycles. The number of rotatable bonds is 6. The normalized spacial score (nSPS) is 23.6. The first-order valence-corrected chi connectivity index (χ1v) is 8.69. The lowest BCUT2D eigenvalue weighted by Gasteiger charge is -2.32. The van der Waals surface area contributed by atoms with Crippen molar-refractivity contribution in [1.82, 2.24) is 10.2 Å². The van der Waals surface area contributed by atoms with E-state index in [4.69, 9.17) is 9.47 Å². The van der Waals surface area contributed by atoms with Gasteiger partial charge in [0.25, 0.3) is 0 Å². The molecule has 2 aliphatic heterocycles. The van der Waals surface area contributed by atoms with Gasteiger partial charge >= 0.3 is 0 Å². The van der Waals surface area contributed by atoms with Gasteiger partial charge in [-0.1, -0.05) is 6.07 Å². The lowest BCUT2D eigenvalue weighted by Crippen LogP contribution is -2.52. The van der Waals surface area contributed by atoms with Crippen LogP contribution in [0, 0.1) is 5.82 Å². The number of hydrogen-bond acceptors (Lipinski definition) is 4. The third-order valence-electron chi connectivity index (χ3n) is 4.50. The maximum atomic E-state index is 13.3. The summed E-state index contributed by atoms with van der Waals surface area (Å²) in [5.74, 6) is 0.0541. The highest BCUT2D eigenvalue weighted by Crippen LogP contribution is 2.19. The molecule has 2 atom stereocenters. The summed E-state index contributed by atoms with van der Waals surface area (Å²) >= 11 is 0. The number of halogens is 1. The van der Waals surface area contributed by atoms with Gasteiger partial charge in [0.05, 0.1) is 19.3 Å². The maximum Gasteiger partial charge on any atom is 0.222 e. The Morgan fingerprint density at radius 3 is 3.08 bits per heavy atom. The maximum absolute atomic E-state index is 13.3. The second kappa shape index (κ2) is 8.29. The first-order chi connectivity index (χ1) is 12.1. The number of nitrogens with one attached hydrogen (secondary N) is 1. The molecule has 2 saturated heterocycles. The Hall–Kier alpha value is -2.15. The van der Waals surface area contributed by atoms with Crippen molar-refractivity contribution in [3.8, 4) is 5.75 Å². The second-order valence-electron chi connectivity index (χ2n) is 6.39. The van der Waals surface area contributed by atoms with Gasteiger partial charge in [-0.25, -0.2) is 4.39 Å². The second-order valence-corrected chi connectivity index (χ2v) is 6.39. The van der Waals surface area contributed by atoms with E-state index in [1.165, 1.54) is 12.1 Å². The number of nitrogens with zero attached hydrogens (tertiary/aromatic N) is 1. The summed E-state index contributed by atoms with van der Waals surface area (Å²) < 4.78 is 24.6. The molecule has 0 bridgehead atoms. The van der Waals surface area contributed by atoms with Crippen LogP contribution >= 0.6 is 0 Å². The number of likely N-dealkylation sites (tertiary alicyclic amines) is 1. The monoisotopic (exact) mass is 350 g/mol. The molecular weight excluding hydrogens is 327 g/mol. The molecule has 0 radical (unpaired) electrons. The van der Waals surface area contributed by atoms with Crippen molar-refractivity contribution >= 4 is 11.8 Å². The van der Waals surface area contributed by atoms with Crippen LogP contribution in [0.4, 0.5) is 4.39 Å². The minimum atomic E-state index is -0.361. The molecule has 1 aromatic carbocycles. The third kappa shape index (κ3) is 4.92. The molecule has 0 aromatic heterocycles. The quantitative estimate of drug-likeness (QED) is 0.844. The molecule has 2 aliphatic rings. The SMILES string of the molecule is O=C(CCN1CCCC1=O)N[C@@H]1COCC[C@@H]1Oc1cccc(F)c1. The number of ether oxygens (including phenoxy) is 2. The first kappa shape index (κ1) is 17.7. The summed E-state index contributed by atoms with van der Waals surface area (Å²) in [7, 11) is 0. The fourth-order valence-electron chi connectivity index (χ4n) is 3.16. The fourth-order valence-corrected chi connectivity index (χ4v) is 3.16. The van der Waals surface area contributed by atoms with Gasteiger partial charge in [0.2, 0.25) is 11.8 Å². The number of amides is 2. The summed E-state index contributed by atoms with van der Waals surface area (Å²) in [5, 5.41) is 2.92. The lowest BCUT2D eigenvalue weighted by molar-refractivity contribution is -0.129. The van der Waals surface area contributed by atoms with Crippen molar-refractivity contribution in [1.29, 1.82) is 0 Å². The van der Waals surface area contributed by atoms with E-state index in [0.717, 1.165) is 13.0 Å². The fraction of sp³-hybridized carbons (Fsp3) is 0.556. The molecule has 0 spiro atoms. The Morgan fingerprint density at radius 2 is 2.32 bits per heavy atom. The van der Waals surface area contributed by atoms with Crippen LogP contribution in [0.3, 0.4) is 0 Å². The Labute approximate surface area is 146 Å². The standard InChI is InChI=1S/C18H23FN2O4/c19-13-3-1-4-14(11-13)25-16-7-10-24-12-15(16)20-17(22)6-9-21-8-2-5-18(21)23/h1,3-4,11,15-16H,2,5-10,12H2,(H,20,22)/t15-,16+/m1/s1. The summed E-state index contributed by atoms with van der Waals surface area (Å²) in [4.78, 5) is 25.5. The van der Waals surface area contributed by atoms with E-state index in [-0.39, 0.29) is 36.2 Å². The molecule has 3 rings (SSSR count). The van der Waals surface area contributed by atoms with Crippen LogP contribution in [0.1, 0.15) is 25.7 Å². The first-order valence-electron chi connectivity index (χ1n) is 8.69. The highest BCUT2D eigenvalue weighted by atomic mass is 19.1. The molecule has 1 N–H and O–H groups in total. The van der Waals surface area contributed by atoms with Crippen LogP contribution in [0.5, 0.6) is 5.75 Å². The van der Waals surface area contributed by atoms with Crippen LogP contribution in [-0.4, -0.2) is 55.2 Å². The Balaban J connectivity index is 1.51. The number of benzene rings is 1. The van der Waals surface area contributed by atoms with Gasteiger partial charge < -0.3 is 19.7 Å². The molecule has 2 heterocycles. The molecule has 2 amide bonds. The Kier molecular flexibility index (Phi) is 5.86. The van der Waals surface area contributed by atoms with Gasteiger partial charge in [0.15, 0.2) is 0 Å². The van der Waals surface area contributed by atoms with Crippen molar-refractivity contribution in [2.45, 2.75) is 37.8 Å². The minimum absolute atomic E-state index is 0.112. The predicted octanol–water partition coefficient (Wildman–Crippen LogP) is 1.49. The average Bonchev–Trinajstić information content (AvgIpc) is 3.00. The van der Waals surface area contributed by atoms with Gasteiger partial charge in [-0.05, 0) is 18.6 Å². The largest absolute Gasteiger partial charge is 0.488 e. The van der Waals surface area contributed by atoms with Gasteiger partial charge in [-0.3, -0.25) is 9.59 Å². The Morgan fingerprint density at radius 1 is 1.44 bits per heavy atom.